The van der Waals surface area contributed by atoms with Gasteiger partial charge in [0.15, 0.2) is 0 Å². The second-order valence-corrected chi connectivity index (χ2v) is 14.7. The van der Waals surface area contributed by atoms with E-state index in [0.29, 0.717) is 24.6 Å². The lowest BCUT2D eigenvalue weighted by Gasteiger charge is -2.31. The Hall–Kier alpha value is -2.29. The molecular formula is C22H32N4O3Si. The number of nitrogens with zero attached hydrogens (tertiary/aromatic N) is 4. The average molecular weight is 429 g/mol. The van der Waals surface area contributed by atoms with Crippen LogP contribution in [0.2, 0.25) is 25.7 Å². The number of piperazine rings is 1. The van der Waals surface area contributed by atoms with E-state index < -0.39 is 8.07 Å². The van der Waals surface area contributed by atoms with Gasteiger partial charge < -0.3 is 14.5 Å². The van der Waals surface area contributed by atoms with E-state index >= 15 is 0 Å². The first-order valence-corrected chi connectivity index (χ1v) is 14.2. The number of hydrogen-bond acceptors (Lipinski definition) is 5. The highest BCUT2D eigenvalue weighted by Crippen LogP contribution is 2.22. The number of benzene rings is 1. The first kappa shape index (κ1) is 22.4. The molecule has 1 aromatic heterocycles. The van der Waals surface area contributed by atoms with Crippen LogP contribution in [0.4, 0.5) is 0 Å². The summed E-state index contributed by atoms with van der Waals surface area (Å²) in [5, 5.41) is 5.55. The van der Waals surface area contributed by atoms with Gasteiger partial charge in [-0.15, -0.1) is 0 Å². The fourth-order valence-electron chi connectivity index (χ4n) is 3.32. The van der Waals surface area contributed by atoms with E-state index in [1.54, 1.807) is 22.9 Å². The molecule has 8 heteroatoms. The minimum atomic E-state index is -1.16. The number of rotatable bonds is 8. The van der Waals surface area contributed by atoms with Crippen molar-refractivity contribution in [3.05, 3.63) is 35.5 Å². The van der Waals surface area contributed by atoms with Gasteiger partial charge in [0.25, 0.3) is 0 Å². The molecule has 0 unspecified atom stereocenters. The van der Waals surface area contributed by atoms with Crippen LogP contribution in [0.25, 0.3) is 17.0 Å². The van der Waals surface area contributed by atoms with Crippen molar-refractivity contribution in [2.75, 3.05) is 39.8 Å². The zero-order valence-corrected chi connectivity index (χ0v) is 19.4. The van der Waals surface area contributed by atoms with Gasteiger partial charge in [0, 0.05) is 57.9 Å². The summed E-state index contributed by atoms with van der Waals surface area (Å²) in [7, 11) is 0.903. The summed E-state index contributed by atoms with van der Waals surface area (Å²) in [5.41, 5.74) is 2.13. The monoisotopic (exact) mass is 428 g/mol. The summed E-state index contributed by atoms with van der Waals surface area (Å²) < 4.78 is 7.63. The van der Waals surface area contributed by atoms with Crippen LogP contribution >= 0.6 is 0 Å². The molecule has 0 spiro atoms. The third-order valence-corrected chi connectivity index (χ3v) is 7.05. The van der Waals surface area contributed by atoms with Crippen LogP contribution in [0.1, 0.15) is 16.1 Å². The molecule has 2 aromatic rings. The van der Waals surface area contributed by atoms with E-state index in [0.717, 1.165) is 49.4 Å². The highest BCUT2D eigenvalue weighted by Gasteiger charge is 2.18. The van der Waals surface area contributed by atoms with Gasteiger partial charge in [0.2, 0.25) is 5.91 Å². The van der Waals surface area contributed by atoms with Gasteiger partial charge in [0.05, 0.1) is 11.2 Å². The van der Waals surface area contributed by atoms with Crippen LogP contribution in [0.3, 0.4) is 0 Å². The number of hydrogen-bond donors (Lipinski definition) is 0. The number of aromatic nitrogens is 2. The third kappa shape index (κ3) is 5.87. The smallest absolute Gasteiger partial charge is 0.246 e. The minimum Gasteiger partial charge on any atom is -0.360 e. The Bertz CT molecular complexity index is 924. The number of likely N-dealkylation sites (N-methyl/N-ethyl adjacent to an activating group) is 1. The Balaban J connectivity index is 1.76. The van der Waals surface area contributed by atoms with Crippen molar-refractivity contribution in [3.8, 4) is 0 Å². The molecule has 1 amide bonds. The van der Waals surface area contributed by atoms with Gasteiger partial charge in [-0.05, 0) is 31.3 Å². The summed E-state index contributed by atoms with van der Waals surface area (Å²) in [5.74, 6) is 0.00157. The van der Waals surface area contributed by atoms with E-state index in [2.05, 4.69) is 36.7 Å². The largest absolute Gasteiger partial charge is 0.360 e. The minimum absolute atomic E-state index is 0.00157. The Morgan fingerprint density at radius 1 is 1.20 bits per heavy atom. The molecule has 0 bridgehead atoms. The van der Waals surface area contributed by atoms with E-state index in [4.69, 9.17) is 4.74 Å². The molecule has 1 aliphatic rings. The first-order valence-electron chi connectivity index (χ1n) is 10.5. The standard InChI is InChI=1S/C22H32N4O3Si/c1-24-9-11-25(12-10-24)22(28)8-7-20-19-6-5-18(16-27)15-21(19)26(23-20)17-29-13-14-30(2,3)4/h5-8,15-16H,9-14,17H2,1-4H3/b8-7+. The molecule has 1 saturated heterocycles. The Labute approximate surface area is 179 Å². The van der Waals surface area contributed by atoms with E-state index in [1.165, 1.54) is 0 Å². The molecule has 2 heterocycles. The molecule has 1 fully saturated rings. The van der Waals surface area contributed by atoms with Crippen LogP contribution in [-0.2, 0) is 16.3 Å². The Morgan fingerprint density at radius 2 is 1.93 bits per heavy atom. The molecule has 7 nitrogen and oxygen atoms in total. The van der Waals surface area contributed by atoms with Gasteiger partial charge in [-0.3, -0.25) is 9.59 Å². The van der Waals surface area contributed by atoms with Crippen LogP contribution in [-0.4, -0.2) is 79.7 Å². The molecule has 162 valence electrons. The molecule has 0 aliphatic carbocycles. The summed E-state index contributed by atoms with van der Waals surface area (Å²) >= 11 is 0. The third-order valence-electron chi connectivity index (χ3n) is 5.35. The highest BCUT2D eigenvalue weighted by molar-refractivity contribution is 6.76. The van der Waals surface area contributed by atoms with Gasteiger partial charge in [-0.2, -0.15) is 5.10 Å². The molecular weight excluding hydrogens is 396 g/mol. The maximum absolute atomic E-state index is 12.5. The zero-order valence-electron chi connectivity index (χ0n) is 18.4. The maximum atomic E-state index is 12.5. The number of carbonyl (C=O) groups is 2. The number of carbonyl (C=O) groups excluding carboxylic acids is 2. The molecule has 1 aromatic carbocycles. The van der Waals surface area contributed by atoms with Crippen LogP contribution in [0, 0.1) is 0 Å². The van der Waals surface area contributed by atoms with Crippen molar-refractivity contribution >= 4 is 37.2 Å². The summed E-state index contributed by atoms with van der Waals surface area (Å²) in [6.45, 7) is 11.2. The lowest BCUT2D eigenvalue weighted by atomic mass is 10.1. The van der Waals surface area contributed by atoms with E-state index in [9.17, 15) is 9.59 Å². The van der Waals surface area contributed by atoms with Crippen molar-refractivity contribution in [2.24, 2.45) is 0 Å². The lowest BCUT2D eigenvalue weighted by Crippen LogP contribution is -2.46. The van der Waals surface area contributed by atoms with Crippen molar-refractivity contribution in [1.29, 1.82) is 0 Å². The fourth-order valence-corrected chi connectivity index (χ4v) is 4.08. The fraction of sp³-hybridized carbons (Fsp3) is 0.500. The predicted octanol–water partition coefficient (Wildman–Crippen LogP) is 2.95. The predicted molar refractivity (Wildman–Crippen MR) is 122 cm³/mol. The molecule has 0 radical (unpaired) electrons. The first-order chi connectivity index (χ1) is 14.3. The van der Waals surface area contributed by atoms with E-state index in [1.807, 2.05) is 17.0 Å². The zero-order chi connectivity index (χ0) is 21.7. The van der Waals surface area contributed by atoms with E-state index in [-0.39, 0.29) is 5.91 Å². The number of aldehydes is 1. The number of ether oxygens (including phenoxy) is 1. The van der Waals surface area contributed by atoms with Gasteiger partial charge >= 0.3 is 0 Å². The SMILES string of the molecule is CN1CCN(C(=O)/C=C/c2nn(COCC[Si](C)(C)C)c3cc(C=O)ccc23)CC1. The van der Waals surface area contributed by atoms with Crippen LogP contribution in [0.15, 0.2) is 24.3 Å². The quantitative estimate of drug-likeness (QED) is 0.280. The molecule has 30 heavy (non-hydrogen) atoms. The van der Waals surface area contributed by atoms with Crippen molar-refractivity contribution in [2.45, 2.75) is 32.4 Å². The van der Waals surface area contributed by atoms with Gasteiger partial charge in [-0.1, -0.05) is 25.7 Å². The molecule has 1 aliphatic heterocycles. The molecule has 3 rings (SSSR count). The summed E-state index contributed by atoms with van der Waals surface area (Å²) in [6.07, 6.45) is 4.19. The lowest BCUT2D eigenvalue weighted by molar-refractivity contribution is -0.127. The Morgan fingerprint density at radius 3 is 2.60 bits per heavy atom. The van der Waals surface area contributed by atoms with Gasteiger partial charge in [0.1, 0.15) is 13.0 Å². The molecule has 0 atom stereocenters. The summed E-state index contributed by atoms with van der Waals surface area (Å²) in [4.78, 5) is 27.9. The van der Waals surface area contributed by atoms with Gasteiger partial charge in [-0.25, -0.2) is 4.68 Å². The normalized spacial score (nSPS) is 15.9. The highest BCUT2D eigenvalue weighted by atomic mass is 28.3. The second kappa shape index (κ2) is 9.68. The topological polar surface area (TPSA) is 67.7 Å². The van der Waals surface area contributed by atoms with Crippen LogP contribution in [0.5, 0.6) is 0 Å². The summed E-state index contributed by atoms with van der Waals surface area (Å²) in [6, 6.07) is 6.55. The van der Waals surface area contributed by atoms with Crippen molar-refractivity contribution in [1.82, 2.24) is 19.6 Å². The van der Waals surface area contributed by atoms with Crippen molar-refractivity contribution in [3.63, 3.8) is 0 Å². The van der Waals surface area contributed by atoms with Crippen LogP contribution < -0.4 is 0 Å². The van der Waals surface area contributed by atoms with Crippen molar-refractivity contribution < 1.29 is 14.3 Å². The number of fused-ring (bicyclic) bond motifs is 1. The Kier molecular flexibility index (Phi) is 7.22. The molecule has 0 saturated carbocycles. The molecule has 0 N–H and O–H groups in total. The average Bonchev–Trinajstić information content (AvgIpc) is 3.06. The second-order valence-electron chi connectivity index (χ2n) is 9.09. The maximum Gasteiger partial charge on any atom is 0.246 e. The number of amides is 1.